The fourth-order valence-corrected chi connectivity index (χ4v) is 3.16. The minimum atomic E-state index is -3.89. The second-order valence-electron chi connectivity index (χ2n) is 4.76. The molecular weight excluding hydrogens is 316 g/mol. The van der Waals surface area contributed by atoms with Crippen LogP contribution in [0.2, 0.25) is 0 Å². The molecule has 0 spiro atoms. The molecule has 7 nitrogen and oxygen atoms in total. The van der Waals surface area contributed by atoms with Gasteiger partial charge in [-0.1, -0.05) is 6.07 Å². The molecule has 0 atom stereocenters. The van der Waals surface area contributed by atoms with Crippen LogP contribution < -0.4 is 10.5 Å². The highest BCUT2D eigenvalue weighted by molar-refractivity contribution is 7.90. The third-order valence-corrected chi connectivity index (χ3v) is 4.82. The van der Waals surface area contributed by atoms with Crippen molar-refractivity contribution in [2.24, 2.45) is 5.14 Å². The number of primary sulfonamides is 1. The molecule has 0 aliphatic heterocycles. The van der Waals surface area contributed by atoms with Crippen LogP contribution in [0.5, 0.6) is 0 Å². The van der Waals surface area contributed by atoms with Gasteiger partial charge in [-0.15, -0.1) is 0 Å². The second-order valence-corrected chi connectivity index (χ2v) is 8.55. The van der Waals surface area contributed by atoms with Gasteiger partial charge in [0.25, 0.3) is 5.91 Å². The number of sulfonamides is 1. The maximum absolute atomic E-state index is 11.9. The second kappa shape index (κ2) is 6.54. The molecule has 1 aromatic carbocycles. The van der Waals surface area contributed by atoms with Crippen molar-refractivity contribution in [2.45, 2.75) is 18.2 Å². The zero-order valence-corrected chi connectivity index (χ0v) is 13.4. The van der Waals surface area contributed by atoms with E-state index in [9.17, 15) is 21.6 Å². The van der Waals surface area contributed by atoms with E-state index in [4.69, 9.17) is 5.14 Å². The molecule has 1 amide bonds. The van der Waals surface area contributed by atoms with E-state index >= 15 is 0 Å². The molecule has 1 rings (SSSR count). The molecule has 0 aliphatic rings. The van der Waals surface area contributed by atoms with E-state index in [0.29, 0.717) is 12.0 Å². The largest absolute Gasteiger partial charge is 0.352 e. The fourth-order valence-electron chi connectivity index (χ4n) is 1.69. The van der Waals surface area contributed by atoms with Crippen molar-refractivity contribution in [3.05, 3.63) is 29.3 Å². The Morgan fingerprint density at radius 2 is 1.86 bits per heavy atom. The molecule has 9 heteroatoms. The molecule has 21 heavy (non-hydrogen) atoms. The molecule has 3 N–H and O–H groups in total. The maximum Gasteiger partial charge on any atom is 0.251 e. The van der Waals surface area contributed by atoms with Crippen molar-refractivity contribution in [1.82, 2.24) is 5.32 Å². The van der Waals surface area contributed by atoms with Crippen molar-refractivity contribution in [1.29, 1.82) is 0 Å². The fraction of sp³-hybridized carbons (Fsp3) is 0.417. The lowest BCUT2D eigenvalue weighted by Gasteiger charge is -2.08. The number of sulfone groups is 1. The lowest BCUT2D eigenvalue weighted by Crippen LogP contribution is -2.26. The van der Waals surface area contributed by atoms with Crippen molar-refractivity contribution < 1.29 is 21.6 Å². The molecule has 0 fully saturated rings. The summed E-state index contributed by atoms with van der Waals surface area (Å²) >= 11 is 0. The Morgan fingerprint density at radius 3 is 2.38 bits per heavy atom. The summed E-state index contributed by atoms with van der Waals surface area (Å²) in [5, 5.41) is 7.60. The van der Waals surface area contributed by atoms with E-state index in [-0.39, 0.29) is 22.8 Å². The number of carbonyl (C=O) groups is 1. The molecule has 1 aromatic rings. The van der Waals surface area contributed by atoms with Gasteiger partial charge in [0.05, 0.1) is 10.6 Å². The summed E-state index contributed by atoms with van der Waals surface area (Å²) < 4.78 is 44.6. The highest BCUT2D eigenvalue weighted by Crippen LogP contribution is 2.15. The Morgan fingerprint density at radius 1 is 1.24 bits per heavy atom. The number of aryl methyl sites for hydroxylation is 1. The van der Waals surface area contributed by atoms with Crippen LogP contribution in [-0.4, -0.2) is 41.3 Å². The molecule has 0 bridgehead atoms. The molecule has 0 heterocycles. The van der Waals surface area contributed by atoms with Crippen LogP contribution in [0.3, 0.4) is 0 Å². The molecule has 0 aliphatic carbocycles. The van der Waals surface area contributed by atoms with Gasteiger partial charge in [0.2, 0.25) is 10.0 Å². The Hall–Kier alpha value is -1.45. The minimum Gasteiger partial charge on any atom is -0.352 e. The zero-order valence-electron chi connectivity index (χ0n) is 11.8. The van der Waals surface area contributed by atoms with Gasteiger partial charge in [-0.2, -0.15) is 0 Å². The third-order valence-electron chi connectivity index (χ3n) is 2.73. The Kier molecular flexibility index (Phi) is 5.48. The number of nitrogens with one attached hydrogen (secondary N) is 1. The van der Waals surface area contributed by atoms with E-state index in [1.54, 1.807) is 6.92 Å². The quantitative estimate of drug-likeness (QED) is 0.698. The van der Waals surface area contributed by atoms with E-state index < -0.39 is 25.8 Å². The molecule has 0 unspecified atom stereocenters. The van der Waals surface area contributed by atoms with Gasteiger partial charge in [-0.25, -0.2) is 22.0 Å². The molecular formula is C12H18N2O5S2. The molecule has 0 radical (unpaired) electrons. The average Bonchev–Trinajstić information content (AvgIpc) is 2.32. The lowest BCUT2D eigenvalue weighted by atomic mass is 10.1. The highest BCUT2D eigenvalue weighted by atomic mass is 32.2. The number of hydrogen-bond donors (Lipinski definition) is 2. The van der Waals surface area contributed by atoms with Crippen LogP contribution in [0.15, 0.2) is 23.1 Å². The number of nitrogens with two attached hydrogens (primary N) is 1. The van der Waals surface area contributed by atoms with Crippen molar-refractivity contribution in [3.8, 4) is 0 Å². The highest BCUT2D eigenvalue weighted by Gasteiger charge is 2.15. The standard InChI is InChI=1S/C12H18N2O5S2/c1-9-4-5-10(8-11(9)21(13,18)19)12(15)14-6-3-7-20(2,16)17/h4-5,8H,3,6-7H2,1-2H3,(H,14,15)(H2,13,18,19). The monoisotopic (exact) mass is 334 g/mol. The summed E-state index contributed by atoms with van der Waals surface area (Å²) in [5.74, 6) is -0.503. The Balaban J connectivity index is 2.76. The van der Waals surface area contributed by atoms with Gasteiger partial charge >= 0.3 is 0 Å². The maximum atomic E-state index is 11.9. The first kappa shape index (κ1) is 17.6. The van der Waals surface area contributed by atoms with Gasteiger partial charge < -0.3 is 5.32 Å². The zero-order chi connectivity index (χ0) is 16.3. The molecule has 0 aromatic heterocycles. The van der Waals surface area contributed by atoms with E-state index in [0.717, 1.165) is 6.26 Å². The number of rotatable bonds is 6. The summed E-state index contributed by atoms with van der Waals surface area (Å²) in [6.07, 6.45) is 1.41. The normalized spacial score (nSPS) is 12.1. The number of carbonyl (C=O) groups excluding carboxylic acids is 1. The van der Waals surface area contributed by atoms with Crippen molar-refractivity contribution in [2.75, 3.05) is 18.6 Å². The first-order chi connectivity index (χ1) is 9.50. The summed E-state index contributed by atoms with van der Waals surface area (Å²) in [5.41, 5.74) is 0.607. The smallest absolute Gasteiger partial charge is 0.251 e. The topological polar surface area (TPSA) is 123 Å². The van der Waals surface area contributed by atoms with Crippen molar-refractivity contribution >= 4 is 25.8 Å². The summed E-state index contributed by atoms with van der Waals surface area (Å²) in [7, 11) is -6.96. The minimum absolute atomic E-state index is 0.0242. The Labute approximate surface area is 124 Å². The SMILES string of the molecule is Cc1ccc(C(=O)NCCCS(C)(=O)=O)cc1S(N)(=O)=O. The van der Waals surface area contributed by atoms with Gasteiger partial charge in [0.15, 0.2) is 0 Å². The van der Waals surface area contributed by atoms with Crippen LogP contribution in [0.4, 0.5) is 0 Å². The number of benzene rings is 1. The molecule has 0 saturated carbocycles. The Bertz CT molecular complexity index is 739. The lowest BCUT2D eigenvalue weighted by molar-refractivity contribution is 0.0953. The van der Waals surface area contributed by atoms with Crippen LogP contribution in [-0.2, 0) is 19.9 Å². The first-order valence-corrected chi connectivity index (χ1v) is 9.71. The first-order valence-electron chi connectivity index (χ1n) is 6.10. The van der Waals surface area contributed by atoms with E-state index in [1.807, 2.05) is 0 Å². The van der Waals surface area contributed by atoms with Crippen LogP contribution in [0.1, 0.15) is 22.3 Å². The van der Waals surface area contributed by atoms with Crippen molar-refractivity contribution in [3.63, 3.8) is 0 Å². The molecule has 118 valence electrons. The predicted octanol–water partition coefficient (Wildman–Crippen LogP) is -0.193. The molecule has 0 saturated heterocycles. The number of amides is 1. The summed E-state index contributed by atoms with van der Waals surface area (Å²) in [4.78, 5) is 11.8. The third kappa shape index (κ3) is 5.82. The van der Waals surface area contributed by atoms with Gasteiger partial charge in [-0.05, 0) is 31.0 Å². The average molecular weight is 334 g/mol. The van der Waals surface area contributed by atoms with E-state index in [2.05, 4.69) is 5.32 Å². The van der Waals surface area contributed by atoms with E-state index in [1.165, 1.54) is 18.2 Å². The predicted molar refractivity (Wildman–Crippen MR) is 79.2 cm³/mol. The van der Waals surface area contributed by atoms with Crippen LogP contribution in [0, 0.1) is 6.92 Å². The van der Waals surface area contributed by atoms with Crippen LogP contribution in [0.25, 0.3) is 0 Å². The van der Waals surface area contributed by atoms with Crippen LogP contribution >= 0.6 is 0 Å². The van der Waals surface area contributed by atoms with Gasteiger partial charge in [0.1, 0.15) is 9.84 Å². The number of hydrogen-bond acceptors (Lipinski definition) is 5. The summed E-state index contributed by atoms with van der Waals surface area (Å²) in [6.45, 7) is 1.76. The summed E-state index contributed by atoms with van der Waals surface area (Å²) in [6, 6.07) is 4.18. The van der Waals surface area contributed by atoms with Gasteiger partial charge in [0, 0.05) is 18.4 Å². The van der Waals surface area contributed by atoms with Gasteiger partial charge in [-0.3, -0.25) is 4.79 Å².